The minimum atomic E-state index is -4.15. The lowest BCUT2D eigenvalue weighted by Crippen LogP contribution is -2.45. The van der Waals surface area contributed by atoms with E-state index in [1.165, 1.54) is 12.1 Å². The number of carbonyl (C=O) groups excluding carboxylic acids is 1. The molecule has 210 valence electrons. The second kappa shape index (κ2) is 11.9. The summed E-state index contributed by atoms with van der Waals surface area (Å²) in [5.74, 6) is -0.396. The maximum Gasteiger partial charge on any atom is 0.389 e. The van der Waals surface area contributed by atoms with E-state index in [1.807, 2.05) is 36.0 Å². The minimum Gasteiger partial charge on any atom is -0.508 e. The summed E-state index contributed by atoms with van der Waals surface area (Å²) in [5.41, 5.74) is 1.06. The minimum absolute atomic E-state index is 0.00799. The normalized spacial score (nSPS) is 14.8. The number of nitrogens with one attached hydrogen (secondary N) is 1. The van der Waals surface area contributed by atoms with Gasteiger partial charge in [-0.25, -0.2) is 0 Å². The van der Waals surface area contributed by atoms with Gasteiger partial charge < -0.3 is 34.6 Å². The van der Waals surface area contributed by atoms with Gasteiger partial charge in [-0.3, -0.25) is 4.79 Å². The molecule has 0 atom stereocenters. The van der Waals surface area contributed by atoms with Crippen LogP contribution in [0.15, 0.2) is 47.0 Å². The van der Waals surface area contributed by atoms with Crippen molar-refractivity contribution in [2.45, 2.75) is 37.9 Å². The Kier molecular flexibility index (Phi) is 8.54. The second-order valence-corrected chi connectivity index (χ2v) is 9.71. The predicted octanol–water partition coefficient (Wildman–Crippen LogP) is 5.15. The molecule has 0 bridgehead atoms. The largest absolute Gasteiger partial charge is 0.508 e. The van der Waals surface area contributed by atoms with E-state index in [-0.39, 0.29) is 46.7 Å². The third kappa shape index (κ3) is 7.56. The molecule has 2 heterocycles. The lowest BCUT2D eigenvalue weighted by atomic mass is 10.0. The van der Waals surface area contributed by atoms with Crippen molar-refractivity contribution < 1.29 is 37.4 Å². The summed E-state index contributed by atoms with van der Waals surface area (Å²) >= 11 is 0. The zero-order valence-corrected chi connectivity index (χ0v) is 21.7. The number of ether oxygens (including phenoxy) is 1. The van der Waals surface area contributed by atoms with Crippen molar-refractivity contribution in [1.29, 1.82) is 0 Å². The third-order valence-corrected chi connectivity index (χ3v) is 6.49. The number of nitrogens with zero attached hydrogens (tertiary/aromatic N) is 3. The van der Waals surface area contributed by atoms with E-state index in [1.54, 1.807) is 12.1 Å². The van der Waals surface area contributed by atoms with Gasteiger partial charge in [-0.2, -0.15) is 13.2 Å². The van der Waals surface area contributed by atoms with Gasteiger partial charge in [0.25, 0.3) is 5.91 Å². The van der Waals surface area contributed by atoms with Crippen LogP contribution in [-0.2, 0) is 0 Å². The number of carbonyl (C=O) groups is 1. The second-order valence-electron chi connectivity index (χ2n) is 9.71. The number of aromatic nitrogens is 1. The van der Waals surface area contributed by atoms with Crippen molar-refractivity contribution in [2.75, 3.05) is 38.6 Å². The first kappa shape index (κ1) is 28.1. The first-order chi connectivity index (χ1) is 18.5. The monoisotopic (exact) mass is 548 g/mol. The van der Waals surface area contributed by atoms with Gasteiger partial charge in [0.05, 0.1) is 0 Å². The van der Waals surface area contributed by atoms with Crippen LogP contribution in [0.1, 0.15) is 36.2 Å². The molecule has 0 spiro atoms. The number of anilines is 1. The Morgan fingerprint density at radius 3 is 2.49 bits per heavy atom. The molecule has 1 fully saturated rings. The average Bonchev–Trinajstić information content (AvgIpc) is 3.34. The van der Waals surface area contributed by atoms with Gasteiger partial charge in [-0.1, -0.05) is 5.16 Å². The van der Waals surface area contributed by atoms with Crippen molar-refractivity contribution in [3.63, 3.8) is 0 Å². The highest BCUT2D eigenvalue weighted by Gasteiger charge is 2.28. The molecule has 12 heteroatoms. The van der Waals surface area contributed by atoms with Gasteiger partial charge in [-0.05, 0) is 50.1 Å². The molecule has 9 nitrogen and oxygen atoms in total. The van der Waals surface area contributed by atoms with E-state index >= 15 is 0 Å². The summed E-state index contributed by atoms with van der Waals surface area (Å²) in [5, 5.41) is 27.3. The molecule has 3 N–H and O–H groups in total. The molecule has 2 aromatic carbocycles. The number of amides is 1. The van der Waals surface area contributed by atoms with Crippen LogP contribution in [0.25, 0.3) is 11.3 Å². The Bertz CT molecular complexity index is 1270. The number of aromatic hydroxyl groups is 2. The Morgan fingerprint density at radius 2 is 1.85 bits per heavy atom. The van der Waals surface area contributed by atoms with Crippen LogP contribution < -0.4 is 15.0 Å². The van der Waals surface area contributed by atoms with E-state index in [9.17, 15) is 28.2 Å². The fourth-order valence-corrected chi connectivity index (χ4v) is 4.42. The summed E-state index contributed by atoms with van der Waals surface area (Å²) in [6.07, 6.45) is -3.69. The number of rotatable bonds is 9. The highest BCUT2D eigenvalue weighted by Crippen LogP contribution is 2.43. The molecule has 1 amide bonds. The number of phenolic OH excluding ortho intramolecular Hbond substituents is 2. The lowest BCUT2D eigenvalue weighted by molar-refractivity contribution is -0.136. The van der Waals surface area contributed by atoms with Crippen molar-refractivity contribution in [1.82, 2.24) is 15.4 Å². The molecule has 0 saturated carbocycles. The van der Waals surface area contributed by atoms with E-state index in [2.05, 4.69) is 10.5 Å². The summed E-state index contributed by atoms with van der Waals surface area (Å²) in [7, 11) is 3.81. The average molecular weight is 549 g/mol. The number of benzene rings is 2. The molecule has 1 aliphatic rings. The standard InChI is InChI=1S/C27H31F3N4O5/c1-33(2)18-4-6-20(7-5-18)38-23-15-19(35)14-22(36)25(23)24-16-21(32-39-24)26(37)31-17-8-12-34(13-9-17)11-3-10-27(28,29)30/h4-7,14-17,35-36H,3,8-13H2,1-2H3,(H,31,37). The molecule has 0 aliphatic carbocycles. The highest BCUT2D eigenvalue weighted by molar-refractivity contribution is 5.93. The first-order valence-corrected chi connectivity index (χ1v) is 12.6. The van der Waals surface area contributed by atoms with Crippen LogP contribution in [0.2, 0.25) is 0 Å². The summed E-state index contributed by atoms with van der Waals surface area (Å²) in [4.78, 5) is 16.7. The Morgan fingerprint density at radius 1 is 1.15 bits per heavy atom. The summed E-state index contributed by atoms with van der Waals surface area (Å²) in [6.45, 7) is 1.54. The maximum absolute atomic E-state index is 12.8. The van der Waals surface area contributed by atoms with E-state index in [4.69, 9.17) is 9.26 Å². The van der Waals surface area contributed by atoms with Crippen molar-refractivity contribution in [2.24, 2.45) is 0 Å². The van der Waals surface area contributed by atoms with Crippen LogP contribution in [0.5, 0.6) is 23.0 Å². The van der Waals surface area contributed by atoms with Crippen LogP contribution in [0.4, 0.5) is 18.9 Å². The number of halogens is 3. The smallest absolute Gasteiger partial charge is 0.389 e. The fourth-order valence-electron chi connectivity index (χ4n) is 4.42. The third-order valence-electron chi connectivity index (χ3n) is 6.49. The number of likely N-dealkylation sites (tertiary alicyclic amines) is 1. The predicted molar refractivity (Wildman–Crippen MR) is 138 cm³/mol. The van der Waals surface area contributed by atoms with E-state index in [0.717, 1.165) is 11.8 Å². The highest BCUT2D eigenvalue weighted by atomic mass is 19.4. The Hall–Kier alpha value is -3.93. The maximum atomic E-state index is 12.8. The number of phenols is 2. The molecule has 4 rings (SSSR count). The number of piperidine rings is 1. The van der Waals surface area contributed by atoms with Crippen molar-refractivity contribution in [3.05, 3.63) is 48.2 Å². The SMILES string of the molecule is CN(C)c1ccc(Oc2cc(O)cc(O)c2-c2cc(C(=O)NC3CCN(CCCC(F)(F)F)CC3)no2)cc1. The Balaban J connectivity index is 1.40. The first-order valence-electron chi connectivity index (χ1n) is 12.6. The van der Waals surface area contributed by atoms with Gasteiger partial charge in [0.15, 0.2) is 11.5 Å². The summed E-state index contributed by atoms with van der Waals surface area (Å²) < 4.78 is 48.4. The van der Waals surface area contributed by atoms with Gasteiger partial charge in [0, 0.05) is 63.5 Å². The fraction of sp³-hybridized carbons (Fsp3) is 0.407. The number of alkyl halides is 3. The van der Waals surface area contributed by atoms with Gasteiger partial charge in [0.2, 0.25) is 0 Å². The molecule has 0 radical (unpaired) electrons. The lowest BCUT2D eigenvalue weighted by Gasteiger charge is -2.32. The molecule has 1 saturated heterocycles. The van der Waals surface area contributed by atoms with Crippen molar-refractivity contribution in [3.8, 4) is 34.3 Å². The molecule has 39 heavy (non-hydrogen) atoms. The van der Waals surface area contributed by atoms with Crippen LogP contribution in [0, 0.1) is 0 Å². The van der Waals surface area contributed by atoms with Crippen molar-refractivity contribution >= 4 is 11.6 Å². The van der Waals surface area contributed by atoms with Crippen LogP contribution in [0.3, 0.4) is 0 Å². The van der Waals surface area contributed by atoms with E-state index < -0.39 is 18.5 Å². The van der Waals surface area contributed by atoms with Gasteiger partial charge >= 0.3 is 6.18 Å². The molecular weight excluding hydrogens is 517 g/mol. The zero-order valence-electron chi connectivity index (χ0n) is 21.7. The van der Waals surface area contributed by atoms with Crippen LogP contribution in [-0.4, -0.2) is 72.1 Å². The van der Waals surface area contributed by atoms with E-state index in [0.29, 0.717) is 38.2 Å². The topological polar surface area (TPSA) is 111 Å². The molecule has 0 unspecified atom stereocenters. The molecule has 1 aromatic heterocycles. The van der Waals surface area contributed by atoms with Crippen LogP contribution >= 0.6 is 0 Å². The number of hydrogen-bond acceptors (Lipinski definition) is 8. The molecular formula is C27H31F3N4O5. The quantitative estimate of drug-likeness (QED) is 0.337. The molecule has 1 aliphatic heterocycles. The Labute approximate surface area is 223 Å². The van der Waals surface area contributed by atoms with Gasteiger partial charge in [0.1, 0.15) is 28.6 Å². The molecule has 3 aromatic rings. The van der Waals surface area contributed by atoms with Gasteiger partial charge in [-0.15, -0.1) is 0 Å². The summed E-state index contributed by atoms with van der Waals surface area (Å²) in [6, 6.07) is 10.8. The number of hydrogen-bond donors (Lipinski definition) is 3. The zero-order chi connectivity index (χ0) is 28.2.